The van der Waals surface area contributed by atoms with Crippen LogP contribution in [-0.2, 0) is 72.3 Å². The van der Waals surface area contributed by atoms with Crippen LogP contribution in [0.3, 0.4) is 0 Å². The molecule has 3 fully saturated rings. The highest BCUT2D eigenvalue weighted by atomic mass is 16.6. The molecule has 5 heterocycles. The SMILES string of the molecule is NCCNC(=O)O[C@@H]1C[C@H]2C(=O)N[C@H](CCc3ccccc3)C(=O)N[C@H](Cc3c[nH]c4ccccc34)C(=O)C[C@@H](CN3CCNCC3)C(=O)N[C@@H](Cc3ccc(OCc4ccccc4)cc3)C(=O)N3Cc4ccccc4C[C@H]3C(=O)N2C1. The summed E-state index contributed by atoms with van der Waals surface area (Å²) >= 11 is 0. The van der Waals surface area contributed by atoms with Crippen LogP contribution in [0, 0.1) is 5.92 Å². The van der Waals surface area contributed by atoms with Crippen LogP contribution in [0.1, 0.15) is 52.6 Å². The van der Waals surface area contributed by atoms with Crippen LogP contribution in [0.4, 0.5) is 4.79 Å². The predicted molar refractivity (Wildman–Crippen MR) is 308 cm³/mol. The number of hydrogen-bond acceptors (Lipinski definition) is 12. The molecule has 428 valence electrons. The second kappa shape index (κ2) is 26.9. The van der Waals surface area contributed by atoms with Crippen molar-refractivity contribution in [3.05, 3.63) is 173 Å². The number of benzene rings is 5. The molecule has 19 nitrogen and oxygen atoms in total. The van der Waals surface area contributed by atoms with Crippen molar-refractivity contribution in [3.63, 3.8) is 0 Å². The smallest absolute Gasteiger partial charge is 0.407 e. The number of aryl methyl sites for hydroxylation is 1. The average Bonchev–Trinajstić information content (AvgIpc) is 4.30. The van der Waals surface area contributed by atoms with Crippen LogP contribution in [-0.4, -0.2) is 150 Å². The fourth-order valence-corrected chi connectivity index (χ4v) is 11.7. The molecule has 7 atom stereocenters. The lowest BCUT2D eigenvalue weighted by molar-refractivity contribution is -0.151. The number of carbonyl (C=O) groups is 7. The monoisotopic (exact) mass is 1110 g/mol. The molecule has 10 rings (SSSR count). The third-order valence-electron chi connectivity index (χ3n) is 16.1. The van der Waals surface area contributed by atoms with E-state index >= 15 is 28.8 Å². The molecule has 3 saturated heterocycles. The van der Waals surface area contributed by atoms with Gasteiger partial charge in [-0.2, -0.15) is 0 Å². The summed E-state index contributed by atoms with van der Waals surface area (Å²) in [7, 11) is 0. The van der Waals surface area contributed by atoms with E-state index in [2.05, 4.69) is 36.5 Å². The van der Waals surface area contributed by atoms with Gasteiger partial charge in [-0.25, -0.2) is 4.79 Å². The Labute approximate surface area is 477 Å². The number of piperazine rings is 1. The Morgan fingerprint density at radius 3 is 2.09 bits per heavy atom. The topological polar surface area (TPSA) is 250 Å². The van der Waals surface area contributed by atoms with E-state index in [-0.39, 0.29) is 71.2 Å². The van der Waals surface area contributed by atoms with Crippen LogP contribution in [0.25, 0.3) is 10.9 Å². The number of nitrogens with zero attached hydrogens (tertiary/aromatic N) is 3. The number of aromatic amines is 1. The Morgan fingerprint density at radius 2 is 1.33 bits per heavy atom. The highest BCUT2D eigenvalue weighted by Gasteiger charge is 2.48. The number of rotatable bonds is 15. The van der Waals surface area contributed by atoms with E-state index in [1.54, 1.807) is 6.20 Å². The van der Waals surface area contributed by atoms with Gasteiger partial charge in [-0.3, -0.25) is 28.8 Å². The van der Waals surface area contributed by atoms with Gasteiger partial charge in [-0.05, 0) is 64.4 Å². The number of carbonyl (C=O) groups excluding carboxylic acids is 7. The van der Waals surface area contributed by atoms with Gasteiger partial charge in [0.15, 0.2) is 5.78 Å². The molecule has 5 aromatic carbocycles. The highest BCUT2D eigenvalue weighted by molar-refractivity contribution is 5.99. The number of ether oxygens (including phenoxy) is 2. The van der Waals surface area contributed by atoms with Crippen molar-refractivity contribution < 1.29 is 43.0 Å². The quantitative estimate of drug-likeness (QED) is 0.0778. The number of nitrogens with one attached hydrogen (secondary N) is 6. The third kappa shape index (κ3) is 14.2. The summed E-state index contributed by atoms with van der Waals surface area (Å²) in [6.07, 6.45) is 0.222. The third-order valence-corrected chi connectivity index (χ3v) is 16.1. The molecule has 0 aliphatic carbocycles. The standard InChI is InChI=1S/C63H72N10O9/c64-25-26-66-63(80)82-49-35-55-60(77)68-52(24-21-41-11-3-1-4-12-41)59(76)69-53(32-46-36-67-51-18-10-9-17-50(46)51)57(74)34-47(37-71-29-27-65-28-30-71)58(75)70-54(31-42-19-22-48(23-20-42)81-40-43-13-5-2-6-14-43)61(78)72-38-45-16-8-7-15-44(45)33-56(72)62(79)73(55)39-49/h1-20,22-23,36,47,49,52-56,65,67H,21,24-35,37-40,64H2,(H,66,80)(H,68,77)(H,69,76)(H,70,75)/t47-,49+,52+,53+,54-,55-,56-/m0/s1. The summed E-state index contributed by atoms with van der Waals surface area (Å²) < 4.78 is 11.9. The second-order valence-electron chi connectivity index (χ2n) is 21.8. The number of alkyl carbamates (subject to hydrolysis) is 1. The number of aromatic nitrogens is 1. The molecule has 0 spiro atoms. The number of hydrogen-bond donors (Lipinski definition) is 7. The van der Waals surface area contributed by atoms with Crippen LogP contribution < -0.4 is 37.1 Å². The summed E-state index contributed by atoms with van der Waals surface area (Å²) in [5, 5.41) is 16.0. The molecule has 4 aliphatic heterocycles. The van der Waals surface area contributed by atoms with Crippen LogP contribution in [0.2, 0.25) is 0 Å². The van der Waals surface area contributed by atoms with Gasteiger partial charge in [-0.15, -0.1) is 0 Å². The summed E-state index contributed by atoms with van der Waals surface area (Å²) in [6, 6.07) is 35.6. The maximum absolute atomic E-state index is 15.8. The zero-order valence-electron chi connectivity index (χ0n) is 45.9. The fourth-order valence-electron chi connectivity index (χ4n) is 11.7. The van der Waals surface area contributed by atoms with Gasteiger partial charge >= 0.3 is 6.09 Å². The first kappa shape index (κ1) is 56.9. The fraction of sp³-hybridized carbons (Fsp3) is 0.381. The molecular weight excluding hydrogens is 1040 g/mol. The highest BCUT2D eigenvalue weighted by Crippen LogP contribution is 2.31. The van der Waals surface area contributed by atoms with Crippen molar-refractivity contribution in [3.8, 4) is 5.75 Å². The molecule has 8 N–H and O–H groups in total. The Bertz CT molecular complexity index is 3210. The van der Waals surface area contributed by atoms with Gasteiger partial charge in [-0.1, -0.05) is 115 Å². The maximum Gasteiger partial charge on any atom is 0.407 e. The molecule has 82 heavy (non-hydrogen) atoms. The minimum Gasteiger partial charge on any atom is -0.489 e. The first-order valence-electron chi connectivity index (χ1n) is 28.5. The minimum absolute atomic E-state index is 0.00306. The summed E-state index contributed by atoms with van der Waals surface area (Å²) in [4.78, 5) is 114. The van der Waals surface area contributed by atoms with Crippen molar-refractivity contribution in [2.24, 2.45) is 11.7 Å². The molecule has 0 radical (unpaired) electrons. The summed E-state index contributed by atoms with van der Waals surface area (Å²) in [5.74, 6) is -3.77. The zero-order valence-corrected chi connectivity index (χ0v) is 45.9. The molecule has 6 amide bonds. The Morgan fingerprint density at radius 1 is 0.646 bits per heavy atom. The lowest BCUT2D eigenvalue weighted by atomic mass is 9.90. The number of fused-ring (bicyclic) bond motifs is 4. The molecule has 0 saturated carbocycles. The summed E-state index contributed by atoms with van der Waals surface area (Å²) in [5.41, 5.74) is 11.5. The van der Waals surface area contributed by atoms with Crippen molar-refractivity contribution in [2.75, 3.05) is 52.4 Å². The van der Waals surface area contributed by atoms with Crippen molar-refractivity contribution in [1.29, 1.82) is 0 Å². The summed E-state index contributed by atoms with van der Waals surface area (Å²) in [6.45, 7) is 3.13. The second-order valence-corrected chi connectivity index (χ2v) is 21.8. The van der Waals surface area contributed by atoms with Crippen LogP contribution in [0.15, 0.2) is 140 Å². The molecular formula is C63H72N10O9. The lowest BCUT2D eigenvalue weighted by Gasteiger charge is -2.40. The van der Waals surface area contributed by atoms with Crippen molar-refractivity contribution in [2.45, 2.75) is 94.4 Å². The molecule has 1 aromatic heterocycles. The van der Waals surface area contributed by atoms with E-state index in [1.807, 2.05) is 133 Å². The van der Waals surface area contributed by atoms with Gasteiger partial charge in [0.2, 0.25) is 29.5 Å². The average molecular weight is 1110 g/mol. The largest absolute Gasteiger partial charge is 0.489 e. The molecule has 0 unspecified atom stereocenters. The Kier molecular flexibility index (Phi) is 18.7. The Hall–Kier alpha value is -8.39. The van der Waals surface area contributed by atoms with Gasteiger partial charge < -0.3 is 61.5 Å². The number of ketones is 1. The normalized spacial score (nSPS) is 23.1. The van der Waals surface area contributed by atoms with Crippen LogP contribution >= 0.6 is 0 Å². The first-order chi connectivity index (χ1) is 40.0. The molecule has 6 aromatic rings. The number of para-hydroxylation sites is 1. The van der Waals surface area contributed by atoms with E-state index in [1.165, 1.54) is 9.80 Å². The maximum atomic E-state index is 15.8. The first-order valence-corrected chi connectivity index (χ1v) is 28.5. The van der Waals surface area contributed by atoms with Crippen molar-refractivity contribution in [1.82, 2.24) is 46.3 Å². The lowest BCUT2D eigenvalue weighted by Crippen LogP contribution is -2.61. The van der Waals surface area contributed by atoms with Gasteiger partial charge in [0.05, 0.1) is 18.5 Å². The zero-order chi connectivity index (χ0) is 57.0. The van der Waals surface area contributed by atoms with E-state index in [0.717, 1.165) is 38.7 Å². The number of amides is 6. The number of H-pyrrole nitrogens is 1. The Balaban J connectivity index is 1.05. The predicted octanol–water partition coefficient (Wildman–Crippen LogP) is 3.72. The number of Topliss-reactive ketones (excluding diaryl/α,β-unsaturated/α-hetero) is 1. The van der Waals surface area contributed by atoms with Gasteiger partial charge in [0.1, 0.15) is 42.6 Å². The van der Waals surface area contributed by atoms with E-state index in [9.17, 15) is 4.79 Å². The molecule has 4 aliphatic rings. The van der Waals surface area contributed by atoms with Crippen molar-refractivity contribution >= 4 is 52.3 Å². The van der Waals surface area contributed by atoms with Gasteiger partial charge in [0.25, 0.3) is 0 Å². The van der Waals surface area contributed by atoms with E-state index < -0.39 is 83.6 Å². The molecule has 19 heteroatoms. The number of nitrogens with two attached hydrogens (primary N) is 1. The molecule has 0 bridgehead atoms. The van der Waals surface area contributed by atoms with Crippen LogP contribution in [0.5, 0.6) is 5.75 Å². The van der Waals surface area contributed by atoms with E-state index in [4.69, 9.17) is 15.2 Å². The van der Waals surface area contributed by atoms with E-state index in [0.29, 0.717) is 50.5 Å². The van der Waals surface area contributed by atoms with Gasteiger partial charge in [0, 0.05) is 102 Å². The minimum atomic E-state index is -1.27.